The predicted octanol–water partition coefficient (Wildman–Crippen LogP) is 1.16. The largest absolute Gasteiger partial charge is 0.389 e. The van der Waals surface area contributed by atoms with Gasteiger partial charge in [-0.25, -0.2) is 8.78 Å². The second-order valence-electron chi connectivity index (χ2n) is 5.35. The Hall–Kier alpha value is -0.300. The first-order chi connectivity index (χ1) is 9.00. The van der Waals surface area contributed by atoms with Gasteiger partial charge < -0.3 is 20.3 Å². The van der Waals surface area contributed by atoms with E-state index in [0.29, 0.717) is 5.92 Å². The standard InChI is InChI=1S/C13H25F2NO3/c1-9-4-2-3-5-12(9)19-8-10(17)6-16-7-11(18)13(14)15/h9-13,16-18H,2-8H2,1H3. The van der Waals surface area contributed by atoms with Crippen molar-refractivity contribution in [3.8, 4) is 0 Å². The molecule has 0 saturated heterocycles. The molecule has 6 heteroatoms. The van der Waals surface area contributed by atoms with Gasteiger partial charge in [-0.15, -0.1) is 0 Å². The fourth-order valence-electron chi connectivity index (χ4n) is 2.31. The lowest BCUT2D eigenvalue weighted by Gasteiger charge is -2.29. The van der Waals surface area contributed by atoms with E-state index in [1.807, 2.05) is 0 Å². The maximum absolute atomic E-state index is 12.0. The van der Waals surface area contributed by atoms with Crippen LogP contribution in [0, 0.1) is 5.92 Å². The minimum Gasteiger partial charge on any atom is -0.389 e. The van der Waals surface area contributed by atoms with Crippen LogP contribution in [0.4, 0.5) is 8.78 Å². The van der Waals surface area contributed by atoms with Gasteiger partial charge in [-0.2, -0.15) is 0 Å². The highest BCUT2D eigenvalue weighted by Crippen LogP contribution is 2.26. The normalized spacial score (nSPS) is 27.5. The van der Waals surface area contributed by atoms with E-state index in [4.69, 9.17) is 9.84 Å². The first kappa shape index (κ1) is 16.8. The zero-order valence-corrected chi connectivity index (χ0v) is 11.4. The number of hydrogen-bond donors (Lipinski definition) is 3. The number of ether oxygens (including phenoxy) is 1. The van der Waals surface area contributed by atoms with Gasteiger partial charge in [0.2, 0.25) is 0 Å². The molecule has 0 aliphatic heterocycles. The SMILES string of the molecule is CC1CCCCC1OCC(O)CNCC(O)C(F)F. The highest BCUT2D eigenvalue weighted by Gasteiger charge is 2.22. The Morgan fingerprint density at radius 3 is 2.53 bits per heavy atom. The number of hydrogen-bond acceptors (Lipinski definition) is 4. The van der Waals surface area contributed by atoms with Crippen LogP contribution in [0.2, 0.25) is 0 Å². The third kappa shape index (κ3) is 6.61. The Morgan fingerprint density at radius 1 is 1.21 bits per heavy atom. The van der Waals surface area contributed by atoms with Gasteiger partial charge in [0.25, 0.3) is 6.43 Å². The molecule has 0 bridgehead atoms. The third-order valence-corrected chi connectivity index (χ3v) is 3.56. The first-order valence-electron chi connectivity index (χ1n) is 6.97. The molecule has 0 spiro atoms. The summed E-state index contributed by atoms with van der Waals surface area (Å²) in [4.78, 5) is 0. The summed E-state index contributed by atoms with van der Waals surface area (Å²) >= 11 is 0. The smallest absolute Gasteiger partial charge is 0.265 e. The zero-order chi connectivity index (χ0) is 14.3. The molecule has 0 aromatic carbocycles. The Labute approximate surface area is 113 Å². The van der Waals surface area contributed by atoms with E-state index in [1.54, 1.807) is 0 Å². The molecule has 1 saturated carbocycles. The van der Waals surface area contributed by atoms with Gasteiger partial charge in [-0.05, 0) is 18.8 Å². The predicted molar refractivity (Wildman–Crippen MR) is 68.3 cm³/mol. The van der Waals surface area contributed by atoms with Crippen molar-refractivity contribution >= 4 is 0 Å². The lowest BCUT2D eigenvalue weighted by atomic mass is 9.88. The molecule has 114 valence electrons. The molecule has 1 aliphatic rings. The van der Waals surface area contributed by atoms with E-state index in [0.717, 1.165) is 19.3 Å². The van der Waals surface area contributed by atoms with Crippen LogP contribution >= 0.6 is 0 Å². The van der Waals surface area contributed by atoms with E-state index < -0.39 is 18.6 Å². The molecule has 0 aromatic heterocycles. The second-order valence-corrected chi connectivity index (χ2v) is 5.35. The summed E-state index contributed by atoms with van der Waals surface area (Å²) in [6.45, 7) is 2.26. The summed E-state index contributed by atoms with van der Waals surface area (Å²) in [7, 11) is 0. The van der Waals surface area contributed by atoms with Gasteiger partial charge in [0.15, 0.2) is 0 Å². The molecular formula is C13H25F2NO3. The van der Waals surface area contributed by atoms with Crippen molar-refractivity contribution in [3.05, 3.63) is 0 Å². The van der Waals surface area contributed by atoms with Crippen LogP contribution < -0.4 is 5.32 Å². The van der Waals surface area contributed by atoms with Crippen LogP contribution in [0.3, 0.4) is 0 Å². The Kier molecular flexibility index (Phi) is 7.75. The average molecular weight is 281 g/mol. The number of nitrogens with one attached hydrogen (secondary N) is 1. The summed E-state index contributed by atoms with van der Waals surface area (Å²) < 4.78 is 29.7. The molecule has 1 aliphatic carbocycles. The summed E-state index contributed by atoms with van der Waals surface area (Å²) in [5.41, 5.74) is 0. The van der Waals surface area contributed by atoms with Crippen molar-refractivity contribution in [2.24, 2.45) is 5.92 Å². The second kappa shape index (κ2) is 8.79. The van der Waals surface area contributed by atoms with E-state index in [-0.39, 0.29) is 25.8 Å². The summed E-state index contributed by atoms with van der Waals surface area (Å²) in [6.07, 6.45) is -0.435. The molecular weight excluding hydrogens is 256 g/mol. The molecule has 4 nitrogen and oxygen atoms in total. The van der Waals surface area contributed by atoms with E-state index in [9.17, 15) is 13.9 Å². The van der Waals surface area contributed by atoms with Crippen LogP contribution in [0.25, 0.3) is 0 Å². The highest BCUT2D eigenvalue weighted by molar-refractivity contribution is 4.73. The maximum atomic E-state index is 12.0. The monoisotopic (exact) mass is 281 g/mol. The van der Waals surface area contributed by atoms with Crippen molar-refractivity contribution in [1.82, 2.24) is 5.32 Å². The summed E-state index contributed by atoms with van der Waals surface area (Å²) in [6, 6.07) is 0. The molecule has 4 unspecified atom stereocenters. The van der Waals surface area contributed by atoms with Crippen molar-refractivity contribution < 1.29 is 23.7 Å². The summed E-state index contributed by atoms with van der Waals surface area (Å²) in [5, 5.41) is 21.1. The number of alkyl halides is 2. The Balaban J connectivity index is 2.08. The van der Waals surface area contributed by atoms with Gasteiger partial charge in [-0.3, -0.25) is 0 Å². The first-order valence-corrected chi connectivity index (χ1v) is 6.97. The van der Waals surface area contributed by atoms with Gasteiger partial charge in [-0.1, -0.05) is 19.8 Å². The van der Waals surface area contributed by atoms with Crippen LogP contribution in [0.1, 0.15) is 32.6 Å². The molecule has 4 atom stereocenters. The van der Waals surface area contributed by atoms with E-state index >= 15 is 0 Å². The van der Waals surface area contributed by atoms with E-state index in [2.05, 4.69) is 12.2 Å². The van der Waals surface area contributed by atoms with Gasteiger partial charge in [0.05, 0.1) is 18.8 Å². The van der Waals surface area contributed by atoms with Gasteiger partial charge in [0, 0.05) is 13.1 Å². The fourth-order valence-corrected chi connectivity index (χ4v) is 2.31. The molecule has 3 N–H and O–H groups in total. The minimum absolute atomic E-state index is 0.144. The molecule has 0 heterocycles. The van der Waals surface area contributed by atoms with Gasteiger partial charge >= 0.3 is 0 Å². The van der Waals surface area contributed by atoms with Gasteiger partial charge in [0.1, 0.15) is 6.10 Å². The number of halogens is 2. The molecule has 0 amide bonds. The highest BCUT2D eigenvalue weighted by atomic mass is 19.3. The maximum Gasteiger partial charge on any atom is 0.265 e. The quantitative estimate of drug-likeness (QED) is 0.625. The van der Waals surface area contributed by atoms with Crippen molar-refractivity contribution in [2.75, 3.05) is 19.7 Å². The molecule has 1 fully saturated rings. The van der Waals surface area contributed by atoms with Crippen LogP contribution in [-0.4, -0.2) is 54.6 Å². The average Bonchev–Trinajstić information content (AvgIpc) is 2.37. The van der Waals surface area contributed by atoms with Crippen LogP contribution in [-0.2, 0) is 4.74 Å². The lowest BCUT2D eigenvalue weighted by molar-refractivity contribution is -0.0470. The third-order valence-electron chi connectivity index (χ3n) is 3.56. The van der Waals surface area contributed by atoms with Crippen molar-refractivity contribution in [3.63, 3.8) is 0 Å². The molecule has 19 heavy (non-hydrogen) atoms. The molecule has 0 aromatic rings. The zero-order valence-electron chi connectivity index (χ0n) is 11.4. The van der Waals surface area contributed by atoms with E-state index in [1.165, 1.54) is 6.42 Å². The number of rotatable bonds is 8. The van der Waals surface area contributed by atoms with Crippen molar-refractivity contribution in [2.45, 2.75) is 57.3 Å². The summed E-state index contributed by atoms with van der Waals surface area (Å²) in [5.74, 6) is 0.509. The molecule has 0 radical (unpaired) electrons. The van der Waals surface area contributed by atoms with Crippen LogP contribution in [0.5, 0.6) is 0 Å². The minimum atomic E-state index is -2.76. The lowest BCUT2D eigenvalue weighted by Crippen LogP contribution is -2.39. The van der Waals surface area contributed by atoms with Crippen molar-refractivity contribution in [1.29, 1.82) is 0 Å². The number of aliphatic hydroxyl groups excluding tert-OH is 2. The Bertz CT molecular complexity index is 244. The Morgan fingerprint density at radius 2 is 1.89 bits per heavy atom. The number of aliphatic hydroxyl groups is 2. The van der Waals surface area contributed by atoms with Crippen LogP contribution in [0.15, 0.2) is 0 Å². The fraction of sp³-hybridized carbons (Fsp3) is 1.00. The topological polar surface area (TPSA) is 61.7 Å². The molecule has 1 rings (SSSR count).